The van der Waals surface area contributed by atoms with Gasteiger partial charge in [-0.1, -0.05) is 0 Å². The summed E-state index contributed by atoms with van der Waals surface area (Å²) in [5, 5.41) is 9.52. The molecule has 0 spiro atoms. The van der Waals surface area contributed by atoms with Crippen LogP contribution in [0.4, 0.5) is 0 Å². The summed E-state index contributed by atoms with van der Waals surface area (Å²) in [5.74, 6) is 4.18. The highest BCUT2D eigenvalue weighted by atomic mass is 16.5. The van der Waals surface area contributed by atoms with Crippen molar-refractivity contribution in [2.75, 3.05) is 6.61 Å². The van der Waals surface area contributed by atoms with Crippen LogP contribution in [0.1, 0.15) is 12.6 Å². The summed E-state index contributed by atoms with van der Waals surface area (Å²) in [5.41, 5.74) is 0.419. The van der Waals surface area contributed by atoms with E-state index in [-0.39, 0.29) is 0 Å². The highest BCUT2D eigenvalue weighted by Crippen LogP contribution is 1.83. The number of carbonyl (C=O) groups is 1. The van der Waals surface area contributed by atoms with Gasteiger partial charge in [0.25, 0.3) is 0 Å². The first kappa shape index (κ1) is 8.27. The molecular weight excluding hydrogens is 158 g/mol. The van der Waals surface area contributed by atoms with E-state index in [2.05, 4.69) is 32.0 Å². The lowest BCUT2D eigenvalue weighted by Crippen LogP contribution is -1.99. The van der Waals surface area contributed by atoms with Crippen molar-refractivity contribution in [1.82, 2.24) is 15.4 Å². The minimum Gasteiger partial charge on any atom is -0.456 e. The van der Waals surface area contributed by atoms with Crippen LogP contribution in [0.25, 0.3) is 0 Å². The van der Waals surface area contributed by atoms with E-state index in [4.69, 9.17) is 0 Å². The fourth-order valence-electron chi connectivity index (χ4n) is 0.544. The fourth-order valence-corrected chi connectivity index (χ4v) is 0.544. The molecule has 0 fully saturated rings. The second kappa shape index (κ2) is 4.13. The number of hydrogen-bond donors (Lipinski definition) is 1. The number of aromatic amines is 1. The summed E-state index contributed by atoms with van der Waals surface area (Å²) < 4.78 is 4.57. The van der Waals surface area contributed by atoms with Crippen LogP contribution in [0.3, 0.4) is 0 Å². The number of aromatic nitrogens is 3. The van der Waals surface area contributed by atoms with Crippen LogP contribution in [0, 0.1) is 11.8 Å². The van der Waals surface area contributed by atoms with Crippen molar-refractivity contribution in [3.8, 4) is 11.8 Å². The molecule has 0 saturated carbocycles. The lowest BCUT2D eigenvalue weighted by Gasteiger charge is -1.89. The molecular formula is C7H7N3O2. The highest BCUT2D eigenvalue weighted by Gasteiger charge is 1.93. The molecule has 12 heavy (non-hydrogen) atoms. The standard InChI is InChI=1S/C7H7N3O2/c1-2-12-7(11)4-3-6-5-8-10-9-6/h5H,2H2,1H3,(H,8,9,10). The summed E-state index contributed by atoms with van der Waals surface area (Å²) in [6.45, 7) is 2.04. The van der Waals surface area contributed by atoms with Gasteiger partial charge in [-0.2, -0.15) is 10.3 Å². The minimum absolute atomic E-state index is 0.326. The molecule has 0 aliphatic heterocycles. The normalized spacial score (nSPS) is 8.42. The number of nitrogens with zero attached hydrogens (tertiary/aromatic N) is 2. The van der Waals surface area contributed by atoms with Crippen LogP contribution < -0.4 is 0 Å². The van der Waals surface area contributed by atoms with Gasteiger partial charge in [0, 0.05) is 5.92 Å². The van der Waals surface area contributed by atoms with Gasteiger partial charge in [-0.3, -0.25) is 0 Å². The SMILES string of the molecule is CCOC(=O)C#Cc1cn[nH]n1. The van der Waals surface area contributed by atoms with Crippen molar-refractivity contribution in [1.29, 1.82) is 0 Å². The third kappa shape index (κ3) is 2.42. The van der Waals surface area contributed by atoms with Crippen LogP contribution in [-0.2, 0) is 9.53 Å². The Morgan fingerprint density at radius 1 is 1.83 bits per heavy atom. The van der Waals surface area contributed by atoms with E-state index in [9.17, 15) is 4.79 Å². The molecule has 0 amide bonds. The van der Waals surface area contributed by atoms with Crippen molar-refractivity contribution < 1.29 is 9.53 Å². The first-order valence-electron chi connectivity index (χ1n) is 3.37. The molecule has 5 heteroatoms. The average Bonchev–Trinajstić information content (AvgIpc) is 2.53. The largest absolute Gasteiger partial charge is 0.456 e. The van der Waals surface area contributed by atoms with E-state index in [1.807, 2.05) is 0 Å². The van der Waals surface area contributed by atoms with Gasteiger partial charge in [-0.05, 0) is 12.8 Å². The van der Waals surface area contributed by atoms with E-state index in [1.165, 1.54) is 6.20 Å². The van der Waals surface area contributed by atoms with Gasteiger partial charge in [-0.25, -0.2) is 4.79 Å². The van der Waals surface area contributed by atoms with Gasteiger partial charge >= 0.3 is 5.97 Å². The summed E-state index contributed by atoms with van der Waals surface area (Å²) >= 11 is 0. The Morgan fingerprint density at radius 2 is 2.67 bits per heavy atom. The van der Waals surface area contributed by atoms with Crippen LogP contribution in [0.5, 0.6) is 0 Å². The maximum atomic E-state index is 10.7. The molecule has 1 aromatic rings. The van der Waals surface area contributed by atoms with E-state index < -0.39 is 5.97 Å². The molecule has 0 radical (unpaired) electrons. The number of carbonyl (C=O) groups excluding carboxylic acids is 1. The number of nitrogens with one attached hydrogen (secondary N) is 1. The third-order valence-corrected chi connectivity index (χ3v) is 0.983. The molecule has 0 saturated heterocycles. The summed E-state index contributed by atoms with van der Waals surface area (Å²) in [7, 11) is 0. The molecule has 0 bridgehead atoms. The van der Waals surface area contributed by atoms with Gasteiger partial charge in [0.15, 0.2) is 5.69 Å². The van der Waals surface area contributed by atoms with Gasteiger partial charge in [0.2, 0.25) is 0 Å². The third-order valence-electron chi connectivity index (χ3n) is 0.983. The van der Waals surface area contributed by atoms with Gasteiger partial charge in [0.05, 0.1) is 12.8 Å². The van der Waals surface area contributed by atoms with E-state index in [1.54, 1.807) is 6.92 Å². The summed E-state index contributed by atoms with van der Waals surface area (Å²) in [6, 6.07) is 0. The maximum absolute atomic E-state index is 10.7. The maximum Gasteiger partial charge on any atom is 0.384 e. The number of hydrogen-bond acceptors (Lipinski definition) is 4. The molecule has 0 aromatic carbocycles. The summed E-state index contributed by atoms with van der Waals surface area (Å²) in [4.78, 5) is 10.7. The first-order valence-corrected chi connectivity index (χ1v) is 3.37. The van der Waals surface area contributed by atoms with Gasteiger partial charge < -0.3 is 4.74 Å². The molecule has 1 N–H and O–H groups in total. The lowest BCUT2D eigenvalue weighted by molar-refractivity contribution is -0.136. The molecule has 5 nitrogen and oxygen atoms in total. The van der Waals surface area contributed by atoms with Crippen LogP contribution in [0.2, 0.25) is 0 Å². The van der Waals surface area contributed by atoms with Crippen molar-refractivity contribution in [2.24, 2.45) is 0 Å². The number of rotatable bonds is 1. The predicted octanol–water partition coefficient (Wildman–Crippen LogP) is -0.281. The zero-order valence-electron chi connectivity index (χ0n) is 6.50. The van der Waals surface area contributed by atoms with Gasteiger partial charge in [-0.15, -0.1) is 5.10 Å². The number of H-pyrrole nitrogens is 1. The second-order valence-corrected chi connectivity index (χ2v) is 1.83. The zero-order valence-corrected chi connectivity index (χ0v) is 6.50. The highest BCUT2D eigenvalue weighted by molar-refractivity contribution is 5.88. The van der Waals surface area contributed by atoms with Crippen LogP contribution in [-0.4, -0.2) is 28.0 Å². The second-order valence-electron chi connectivity index (χ2n) is 1.83. The average molecular weight is 165 g/mol. The molecule has 62 valence electrons. The molecule has 1 heterocycles. The fraction of sp³-hybridized carbons (Fsp3) is 0.286. The molecule has 0 aliphatic carbocycles. The molecule has 0 unspecified atom stereocenters. The van der Waals surface area contributed by atoms with E-state index in [0.717, 1.165) is 0 Å². The monoisotopic (exact) mass is 165 g/mol. The quantitative estimate of drug-likeness (QED) is 0.459. The van der Waals surface area contributed by atoms with E-state index in [0.29, 0.717) is 12.3 Å². The smallest absolute Gasteiger partial charge is 0.384 e. The Hall–Kier alpha value is -1.83. The number of ether oxygens (including phenoxy) is 1. The van der Waals surface area contributed by atoms with Crippen molar-refractivity contribution in [3.63, 3.8) is 0 Å². The van der Waals surface area contributed by atoms with Crippen molar-refractivity contribution in [2.45, 2.75) is 6.92 Å². The first-order chi connectivity index (χ1) is 5.83. The Kier molecular flexibility index (Phi) is 2.85. The van der Waals surface area contributed by atoms with Crippen LogP contribution >= 0.6 is 0 Å². The lowest BCUT2D eigenvalue weighted by atomic mass is 10.4. The van der Waals surface area contributed by atoms with Gasteiger partial charge in [0.1, 0.15) is 0 Å². The van der Waals surface area contributed by atoms with Crippen molar-refractivity contribution in [3.05, 3.63) is 11.9 Å². The zero-order chi connectivity index (χ0) is 8.81. The van der Waals surface area contributed by atoms with Crippen LogP contribution in [0.15, 0.2) is 6.20 Å². The molecule has 0 atom stereocenters. The predicted molar refractivity (Wildman–Crippen MR) is 39.9 cm³/mol. The Labute approximate surface area is 69.1 Å². The molecule has 1 rings (SSSR count). The Bertz CT molecular complexity index is 307. The Balaban J connectivity index is 2.54. The molecule has 1 aromatic heterocycles. The number of esters is 1. The van der Waals surface area contributed by atoms with Crippen molar-refractivity contribution >= 4 is 5.97 Å². The summed E-state index contributed by atoms with van der Waals surface area (Å²) in [6.07, 6.45) is 1.42. The Morgan fingerprint density at radius 3 is 3.25 bits per heavy atom. The minimum atomic E-state index is -0.555. The molecule has 0 aliphatic rings. The topological polar surface area (TPSA) is 67.9 Å². The van der Waals surface area contributed by atoms with E-state index >= 15 is 0 Å².